The maximum atomic E-state index is 8.94. The van der Waals surface area contributed by atoms with E-state index in [0.717, 1.165) is 33.9 Å². The first-order valence-corrected chi connectivity index (χ1v) is 9.86. The molecule has 1 aromatic heterocycles. The zero-order valence-corrected chi connectivity index (χ0v) is 20.8. The van der Waals surface area contributed by atoms with Gasteiger partial charge in [-0.2, -0.15) is 0 Å². The van der Waals surface area contributed by atoms with Crippen molar-refractivity contribution < 1.29 is 30.3 Å². The number of aliphatic hydroxyl groups is 2. The molecule has 0 fully saturated rings. The normalized spacial score (nSPS) is 11.6. The van der Waals surface area contributed by atoms with Gasteiger partial charge in [0.1, 0.15) is 0 Å². The molecule has 0 spiro atoms. The van der Waals surface area contributed by atoms with Crippen molar-refractivity contribution in [2.24, 2.45) is 0 Å². The summed E-state index contributed by atoms with van der Waals surface area (Å²) >= 11 is 0. The van der Waals surface area contributed by atoms with Crippen LogP contribution < -0.4 is 0 Å². The summed E-state index contributed by atoms with van der Waals surface area (Å²) in [7, 11) is 0. The summed E-state index contributed by atoms with van der Waals surface area (Å²) in [5, 5.41) is 26.1. The molecular weight excluding hydrogens is 581 g/mol. The Morgan fingerprint density at radius 1 is 1.00 bits per heavy atom. The second-order valence-corrected chi connectivity index (χ2v) is 7.29. The van der Waals surface area contributed by atoms with Gasteiger partial charge < -0.3 is 10.2 Å². The molecule has 2 unspecified atom stereocenters. The molecule has 7 heteroatoms. The van der Waals surface area contributed by atoms with Crippen molar-refractivity contribution in [2.75, 3.05) is 0 Å². The summed E-state index contributed by atoms with van der Waals surface area (Å²) in [5.74, 6) is 0. The fourth-order valence-electron chi connectivity index (χ4n) is 2.82. The Morgan fingerprint density at radius 2 is 1.56 bits per heavy atom. The number of aromatic nitrogens is 2. The molecule has 0 amide bonds. The van der Waals surface area contributed by atoms with Gasteiger partial charge in [-0.3, -0.25) is 9.97 Å². The monoisotopic (exact) mass is 606 g/mol. The van der Waals surface area contributed by atoms with E-state index in [-0.39, 0.29) is 32.3 Å². The number of nitrogens with zero attached hydrogens (tertiary/aromatic N) is 4. The van der Waals surface area contributed by atoms with Crippen molar-refractivity contribution >= 4 is 5.69 Å². The largest absolute Gasteiger partial charge is 0.393 e. The molecule has 2 atom stereocenters. The van der Waals surface area contributed by atoms with Gasteiger partial charge in [0.15, 0.2) is 5.69 Å². The molecule has 167 valence electrons. The average molecular weight is 606 g/mol. The van der Waals surface area contributed by atoms with Gasteiger partial charge in [-0.25, -0.2) is 10.1 Å². The van der Waals surface area contributed by atoms with Gasteiger partial charge in [0.25, 0.3) is 0 Å². The van der Waals surface area contributed by atoms with Crippen molar-refractivity contribution in [3.63, 3.8) is 0 Å². The van der Waals surface area contributed by atoms with Crippen LogP contribution in [0.3, 0.4) is 0 Å². The molecule has 0 aliphatic rings. The van der Waals surface area contributed by atoms with Crippen molar-refractivity contribution in [2.45, 2.75) is 46.3 Å². The second-order valence-electron chi connectivity index (χ2n) is 7.29. The van der Waals surface area contributed by atoms with E-state index in [2.05, 4.69) is 22.0 Å². The molecule has 32 heavy (non-hydrogen) atoms. The summed E-state index contributed by atoms with van der Waals surface area (Å²) < 4.78 is 0. The number of nitriles is 1. The quantitative estimate of drug-likeness (QED) is 0.418. The third-order valence-corrected chi connectivity index (χ3v) is 4.46. The van der Waals surface area contributed by atoms with Gasteiger partial charge in [0.2, 0.25) is 0 Å². The standard InChI is InChI=1S/C20H13N4.C5H12O2.Ir/c1-13-14(2)24-20(17-8-10-18(22-3)11-9-17)19(23-13)16-6-4-15(12-21)5-7-16;1-4(6)3-5(2)7;/h4-6,8-11H,1-2H3;4-7H,3H2,1-2H3;/q-1;;. The van der Waals surface area contributed by atoms with Crippen LogP contribution in [0.4, 0.5) is 5.69 Å². The molecule has 0 saturated carbocycles. The Balaban J connectivity index is 0.000000558. The van der Waals surface area contributed by atoms with Gasteiger partial charge in [-0.15, -0.1) is 29.8 Å². The Kier molecular flexibility index (Phi) is 10.9. The third-order valence-electron chi connectivity index (χ3n) is 4.46. The van der Waals surface area contributed by atoms with E-state index in [4.69, 9.17) is 27.0 Å². The van der Waals surface area contributed by atoms with Gasteiger partial charge in [-0.1, -0.05) is 24.3 Å². The van der Waals surface area contributed by atoms with Crippen LogP contribution in [0, 0.1) is 37.8 Å². The zero-order chi connectivity index (χ0) is 23.0. The van der Waals surface area contributed by atoms with Crippen molar-refractivity contribution in [3.8, 4) is 28.6 Å². The fraction of sp³-hybridized carbons (Fsp3) is 0.280. The number of aryl methyl sites for hydroxylation is 2. The SMILES string of the molecule is CC(O)CC(C)O.[C-]#[N+]c1ccc(-c2nc(C)c(C)nc2-c2[c-]cc(C#N)cc2)cc1.[Ir]. The summed E-state index contributed by atoms with van der Waals surface area (Å²) in [5.41, 5.74) is 6.00. The topological polar surface area (TPSA) is 94.4 Å². The Morgan fingerprint density at radius 3 is 1.97 bits per heavy atom. The van der Waals surface area contributed by atoms with E-state index < -0.39 is 0 Å². The summed E-state index contributed by atoms with van der Waals surface area (Å²) in [4.78, 5) is 12.8. The second kappa shape index (κ2) is 12.8. The van der Waals surface area contributed by atoms with Gasteiger partial charge in [-0.05, 0) is 45.2 Å². The Labute approximate surface area is 202 Å². The predicted octanol–water partition coefficient (Wildman–Crippen LogP) is 4.79. The van der Waals surface area contributed by atoms with Crippen molar-refractivity contribution in [1.82, 2.24) is 9.97 Å². The summed E-state index contributed by atoms with van der Waals surface area (Å²) in [6.07, 6.45) is -0.278. The molecular formula is C25H25IrN4O2-. The molecule has 2 aromatic carbocycles. The number of benzene rings is 2. The van der Waals surface area contributed by atoms with E-state index in [1.54, 1.807) is 38.1 Å². The summed E-state index contributed by atoms with van der Waals surface area (Å²) in [6, 6.07) is 17.7. The van der Waals surface area contributed by atoms with E-state index in [1.807, 2.05) is 32.0 Å². The van der Waals surface area contributed by atoms with Crippen LogP contribution in [0.1, 0.15) is 37.2 Å². The van der Waals surface area contributed by atoms with Gasteiger partial charge in [0, 0.05) is 37.6 Å². The first-order chi connectivity index (χ1) is 14.7. The molecule has 1 radical (unpaired) electrons. The minimum atomic E-state index is -0.375. The predicted molar refractivity (Wildman–Crippen MR) is 120 cm³/mol. The molecule has 6 nitrogen and oxygen atoms in total. The van der Waals surface area contributed by atoms with E-state index in [1.165, 1.54) is 0 Å². The molecule has 3 aromatic rings. The molecule has 0 bridgehead atoms. The number of aliphatic hydroxyl groups excluding tert-OH is 2. The van der Waals surface area contributed by atoms with Crippen LogP contribution >= 0.6 is 0 Å². The maximum Gasteiger partial charge on any atom is 0.187 e. The molecule has 0 saturated heterocycles. The minimum absolute atomic E-state index is 0. The zero-order valence-electron chi connectivity index (χ0n) is 18.4. The summed E-state index contributed by atoms with van der Waals surface area (Å²) in [6.45, 7) is 14.2. The van der Waals surface area contributed by atoms with Crippen LogP contribution in [0.15, 0.2) is 42.5 Å². The molecule has 0 aliphatic heterocycles. The van der Waals surface area contributed by atoms with E-state index in [0.29, 0.717) is 17.7 Å². The first kappa shape index (κ1) is 27.1. The Hall–Kier alpha value is -2.93. The van der Waals surface area contributed by atoms with Crippen LogP contribution in [0.2, 0.25) is 0 Å². The third kappa shape index (κ3) is 7.64. The van der Waals surface area contributed by atoms with Crippen molar-refractivity contribution in [3.05, 3.63) is 76.9 Å². The molecule has 2 N–H and O–H groups in total. The minimum Gasteiger partial charge on any atom is -0.393 e. The Bertz CT molecular complexity index is 1010. The van der Waals surface area contributed by atoms with Crippen LogP contribution in [0.25, 0.3) is 27.4 Å². The molecule has 3 rings (SSSR count). The van der Waals surface area contributed by atoms with Gasteiger partial charge in [0.05, 0.1) is 30.2 Å². The number of rotatable bonds is 4. The molecule has 1 heterocycles. The first-order valence-electron chi connectivity index (χ1n) is 9.86. The van der Waals surface area contributed by atoms with Crippen LogP contribution in [-0.4, -0.2) is 32.4 Å². The molecule has 0 aliphatic carbocycles. The number of hydrogen-bond donors (Lipinski definition) is 2. The number of hydrogen-bond acceptors (Lipinski definition) is 5. The van der Waals surface area contributed by atoms with Crippen molar-refractivity contribution in [1.29, 1.82) is 5.26 Å². The van der Waals surface area contributed by atoms with E-state index in [9.17, 15) is 0 Å². The van der Waals surface area contributed by atoms with Gasteiger partial charge >= 0.3 is 0 Å². The van der Waals surface area contributed by atoms with E-state index >= 15 is 0 Å². The smallest absolute Gasteiger partial charge is 0.187 e. The van der Waals surface area contributed by atoms with Crippen LogP contribution in [-0.2, 0) is 20.1 Å². The maximum absolute atomic E-state index is 8.94. The average Bonchev–Trinajstić information content (AvgIpc) is 2.75. The fourth-order valence-corrected chi connectivity index (χ4v) is 2.82. The van der Waals surface area contributed by atoms with Crippen LogP contribution in [0.5, 0.6) is 0 Å².